The van der Waals surface area contributed by atoms with Crippen molar-refractivity contribution in [3.63, 3.8) is 0 Å². The van der Waals surface area contributed by atoms with E-state index in [1.54, 1.807) is 12.1 Å². The van der Waals surface area contributed by atoms with Gasteiger partial charge in [0.05, 0.1) is 16.9 Å². The van der Waals surface area contributed by atoms with Gasteiger partial charge in [-0.2, -0.15) is 4.31 Å². The first-order valence-corrected chi connectivity index (χ1v) is 11.6. The van der Waals surface area contributed by atoms with Gasteiger partial charge in [0.1, 0.15) is 10.0 Å². The highest BCUT2D eigenvalue weighted by molar-refractivity contribution is 7.91. The van der Waals surface area contributed by atoms with Crippen LogP contribution in [-0.2, 0) is 14.8 Å². The van der Waals surface area contributed by atoms with Gasteiger partial charge in [0.25, 0.3) is 10.0 Å². The first-order chi connectivity index (χ1) is 13.3. The number of nitrogens with one attached hydrogen (secondary N) is 1. The lowest BCUT2D eigenvalue weighted by Gasteiger charge is -2.21. The van der Waals surface area contributed by atoms with Crippen LogP contribution in [0.15, 0.2) is 58.1 Å². The molecule has 0 saturated carbocycles. The van der Waals surface area contributed by atoms with E-state index in [2.05, 4.69) is 5.32 Å². The molecule has 2 aromatic heterocycles. The Morgan fingerprint density at radius 3 is 2.50 bits per heavy atom. The fraction of sp³-hybridized carbons (Fsp3) is 0.167. The number of carbonyl (C=O) groups excluding carboxylic acids is 1. The molecule has 1 N–H and O–H groups in total. The van der Waals surface area contributed by atoms with Gasteiger partial charge in [-0.3, -0.25) is 4.79 Å². The van der Waals surface area contributed by atoms with Crippen LogP contribution < -0.4 is 5.32 Å². The zero-order valence-corrected chi connectivity index (χ0v) is 17.8. The van der Waals surface area contributed by atoms with Crippen molar-refractivity contribution in [2.75, 3.05) is 13.6 Å². The van der Waals surface area contributed by atoms with E-state index in [0.717, 1.165) is 20.5 Å². The topological polar surface area (TPSA) is 66.5 Å². The first kappa shape index (κ1) is 20.9. The highest BCUT2D eigenvalue weighted by Crippen LogP contribution is 2.28. The van der Waals surface area contributed by atoms with E-state index >= 15 is 0 Å². The number of halogens is 2. The summed E-state index contributed by atoms with van der Waals surface area (Å²) in [6.45, 7) is -0.360. The Morgan fingerprint density at radius 2 is 1.93 bits per heavy atom. The van der Waals surface area contributed by atoms with Crippen LogP contribution in [0.3, 0.4) is 0 Å². The van der Waals surface area contributed by atoms with E-state index in [1.165, 1.54) is 42.6 Å². The summed E-state index contributed by atoms with van der Waals surface area (Å²) >= 11 is 8.19. The average Bonchev–Trinajstić information content (AvgIpc) is 3.32. The minimum atomic E-state index is -3.81. The minimum Gasteiger partial charge on any atom is -0.343 e. The molecular weight excluding hydrogens is 443 g/mol. The van der Waals surface area contributed by atoms with Crippen LogP contribution in [0.1, 0.15) is 16.5 Å². The third-order valence-corrected chi connectivity index (χ3v) is 8.35. The van der Waals surface area contributed by atoms with Crippen LogP contribution in [-0.4, -0.2) is 32.2 Å². The zero-order valence-electron chi connectivity index (χ0n) is 14.6. The molecule has 0 radical (unpaired) electrons. The van der Waals surface area contributed by atoms with Gasteiger partial charge in [0.15, 0.2) is 0 Å². The lowest BCUT2D eigenvalue weighted by Crippen LogP contribution is -2.39. The summed E-state index contributed by atoms with van der Waals surface area (Å²) in [6, 6.07) is 11.9. The highest BCUT2D eigenvalue weighted by atomic mass is 35.5. The Morgan fingerprint density at radius 1 is 1.21 bits per heavy atom. The Labute approximate surface area is 175 Å². The Bertz CT molecular complexity index is 1050. The molecule has 1 aromatic carbocycles. The van der Waals surface area contributed by atoms with E-state index in [4.69, 9.17) is 11.6 Å². The quantitative estimate of drug-likeness (QED) is 0.579. The molecule has 148 valence electrons. The number of sulfonamides is 1. The molecule has 1 unspecified atom stereocenters. The highest BCUT2D eigenvalue weighted by Gasteiger charge is 2.26. The lowest BCUT2D eigenvalue weighted by molar-refractivity contribution is -0.121. The second kappa shape index (κ2) is 8.71. The maximum atomic E-state index is 13.3. The number of rotatable bonds is 7. The molecule has 10 heteroatoms. The predicted octanol–water partition coefficient (Wildman–Crippen LogP) is 4.13. The van der Waals surface area contributed by atoms with E-state index in [-0.39, 0.29) is 16.6 Å². The van der Waals surface area contributed by atoms with Crippen molar-refractivity contribution in [1.29, 1.82) is 0 Å². The summed E-state index contributed by atoms with van der Waals surface area (Å²) in [5, 5.41) is 4.71. The molecule has 5 nitrogen and oxygen atoms in total. The van der Waals surface area contributed by atoms with Gasteiger partial charge < -0.3 is 5.32 Å². The molecule has 1 amide bonds. The molecule has 1 atom stereocenters. The SMILES string of the molecule is CN(CC(=O)NC(c1ccc(F)cc1)c1cccs1)S(=O)(=O)c1ccc(Cl)s1. The number of thiophene rings is 2. The molecule has 0 aliphatic carbocycles. The monoisotopic (exact) mass is 458 g/mol. The second-order valence-electron chi connectivity index (χ2n) is 5.89. The molecule has 0 spiro atoms. The van der Waals surface area contributed by atoms with Crippen molar-refractivity contribution >= 4 is 50.2 Å². The maximum Gasteiger partial charge on any atom is 0.252 e. The number of amides is 1. The average molecular weight is 459 g/mol. The fourth-order valence-electron chi connectivity index (χ4n) is 2.51. The van der Waals surface area contributed by atoms with Gasteiger partial charge in [-0.05, 0) is 41.3 Å². The molecule has 28 heavy (non-hydrogen) atoms. The van der Waals surface area contributed by atoms with Crippen LogP contribution in [0.25, 0.3) is 0 Å². The lowest BCUT2D eigenvalue weighted by atomic mass is 10.1. The smallest absolute Gasteiger partial charge is 0.252 e. The number of benzene rings is 1. The number of hydrogen-bond donors (Lipinski definition) is 1. The summed E-state index contributed by atoms with van der Waals surface area (Å²) in [4.78, 5) is 13.4. The second-order valence-corrected chi connectivity index (χ2v) is 10.9. The van der Waals surface area contributed by atoms with E-state index < -0.39 is 22.0 Å². The molecule has 0 bridgehead atoms. The van der Waals surface area contributed by atoms with E-state index in [1.807, 2.05) is 17.5 Å². The van der Waals surface area contributed by atoms with Crippen molar-refractivity contribution in [2.24, 2.45) is 0 Å². The summed E-state index contributed by atoms with van der Waals surface area (Å²) < 4.78 is 39.8. The summed E-state index contributed by atoms with van der Waals surface area (Å²) in [5.41, 5.74) is 0.702. The van der Waals surface area contributed by atoms with Crippen molar-refractivity contribution in [1.82, 2.24) is 9.62 Å². The molecule has 0 fully saturated rings. The van der Waals surface area contributed by atoms with Crippen molar-refractivity contribution in [3.8, 4) is 0 Å². The first-order valence-electron chi connectivity index (χ1n) is 8.07. The number of nitrogens with zero attached hydrogens (tertiary/aromatic N) is 1. The Hall–Kier alpha value is -1.78. The van der Waals surface area contributed by atoms with Gasteiger partial charge in [0, 0.05) is 11.9 Å². The van der Waals surface area contributed by atoms with Gasteiger partial charge in [-0.15, -0.1) is 22.7 Å². The summed E-state index contributed by atoms with van der Waals surface area (Å²) in [5.74, 6) is -0.850. The zero-order chi connectivity index (χ0) is 20.3. The van der Waals surface area contributed by atoms with Crippen LogP contribution in [0.4, 0.5) is 4.39 Å². The predicted molar refractivity (Wildman–Crippen MR) is 110 cm³/mol. The van der Waals surface area contributed by atoms with E-state index in [0.29, 0.717) is 9.90 Å². The normalized spacial score (nSPS) is 12.9. The van der Waals surface area contributed by atoms with Crippen LogP contribution in [0, 0.1) is 5.82 Å². The molecular formula is C18H16ClFN2O3S3. The van der Waals surface area contributed by atoms with Gasteiger partial charge in [0.2, 0.25) is 5.91 Å². The van der Waals surface area contributed by atoms with Crippen LogP contribution in [0.5, 0.6) is 0 Å². The number of hydrogen-bond acceptors (Lipinski definition) is 5. The standard InChI is InChI=1S/C18H16ClFN2O3S3/c1-22(28(24,25)17-9-8-15(19)27-17)11-16(23)21-18(14-3-2-10-26-14)12-4-6-13(20)7-5-12/h2-10,18H,11H2,1H3,(H,21,23). The molecule has 0 aliphatic rings. The van der Waals surface area contributed by atoms with Crippen LogP contribution in [0.2, 0.25) is 4.34 Å². The third kappa shape index (κ3) is 4.79. The molecule has 0 aliphatic heterocycles. The third-order valence-electron chi connectivity index (χ3n) is 3.92. The molecule has 0 saturated heterocycles. The summed E-state index contributed by atoms with van der Waals surface area (Å²) in [6.07, 6.45) is 0. The van der Waals surface area contributed by atoms with Gasteiger partial charge in [-0.1, -0.05) is 29.8 Å². The van der Waals surface area contributed by atoms with Crippen LogP contribution >= 0.6 is 34.3 Å². The molecule has 3 aromatic rings. The minimum absolute atomic E-state index is 0.0705. The maximum absolute atomic E-state index is 13.3. The molecule has 3 rings (SSSR count). The van der Waals surface area contributed by atoms with Gasteiger partial charge in [-0.25, -0.2) is 12.8 Å². The number of likely N-dealkylation sites (N-methyl/N-ethyl adjacent to an activating group) is 1. The number of carbonyl (C=O) groups is 1. The molecule has 2 heterocycles. The fourth-order valence-corrected chi connectivity index (χ4v) is 6.14. The van der Waals surface area contributed by atoms with Crippen molar-refractivity contribution in [2.45, 2.75) is 10.3 Å². The Balaban J connectivity index is 1.76. The summed E-state index contributed by atoms with van der Waals surface area (Å²) in [7, 11) is -2.48. The van der Waals surface area contributed by atoms with Gasteiger partial charge >= 0.3 is 0 Å². The Kier molecular flexibility index (Phi) is 6.51. The van der Waals surface area contributed by atoms with Crippen molar-refractivity contribution in [3.05, 3.63) is 74.5 Å². The largest absolute Gasteiger partial charge is 0.343 e. The van der Waals surface area contributed by atoms with Crippen molar-refractivity contribution < 1.29 is 17.6 Å². The van der Waals surface area contributed by atoms with E-state index in [9.17, 15) is 17.6 Å².